The van der Waals surface area contributed by atoms with Crippen molar-refractivity contribution < 1.29 is 22.7 Å². The molecular weight excluding hydrogens is 442 g/mol. The zero-order chi connectivity index (χ0) is 23.6. The first-order valence-corrected chi connectivity index (χ1v) is 12.6. The van der Waals surface area contributed by atoms with Crippen LogP contribution in [-0.2, 0) is 26.0 Å². The lowest BCUT2D eigenvalue weighted by atomic mass is 9.99. The second kappa shape index (κ2) is 9.52. The van der Waals surface area contributed by atoms with E-state index >= 15 is 0 Å². The number of piperidine rings is 1. The van der Waals surface area contributed by atoms with Gasteiger partial charge in [0.2, 0.25) is 15.9 Å². The highest BCUT2D eigenvalue weighted by atomic mass is 32.2. The van der Waals surface area contributed by atoms with Crippen LogP contribution in [0.5, 0.6) is 5.75 Å². The minimum absolute atomic E-state index is 0.118. The molecule has 2 amide bonds. The number of carbonyl (C=O) groups excluding carboxylic acids is 2. The molecule has 9 heteroatoms. The van der Waals surface area contributed by atoms with Crippen molar-refractivity contribution in [2.24, 2.45) is 5.92 Å². The maximum absolute atomic E-state index is 13.5. The molecule has 1 saturated heterocycles. The molecule has 33 heavy (non-hydrogen) atoms. The number of benzene rings is 2. The maximum atomic E-state index is 13.5. The molecule has 0 radical (unpaired) electrons. The minimum atomic E-state index is -3.83. The molecule has 2 heterocycles. The molecule has 2 N–H and O–H groups in total. The number of aryl methyl sites for hydroxylation is 1. The van der Waals surface area contributed by atoms with Gasteiger partial charge in [-0.2, -0.15) is 4.31 Å². The van der Waals surface area contributed by atoms with E-state index in [1.54, 1.807) is 19.9 Å². The van der Waals surface area contributed by atoms with Gasteiger partial charge in [0.1, 0.15) is 5.75 Å². The van der Waals surface area contributed by atoms with E-state index in [4.69, 9.17) is 4.74 Å². The van der Waals surface area contributed by atoms with Gasteiger partial charge in [-0.3, -0.25) is 9.59 Å². The lowest BCUT2D eigenvalue weighted by molar-refractivity contribution is -0.126. The summed E-state index contributed by atoms with van der Waals surface area (Å²) < 4.78 is 33.9. The van der Waals surface area contributed by atoms with Gasteiger partial charge in [-0.15, -0.1) is 0 Å². The van der Waals surface area contributed by atoms with E-state index in [9.17, 15) is 18.0 Å². The van der Waals surface area contributed by atoms with Crippen molar-refractivity contribution in [3.63, 3.8) is 0 Å². The molecule has 2 aromatic carbocycles. The van der Waals surface area contributed by atoms with Crippen molar-refractivity contribution in [3.8, 4) is 5.75 Å². The van der Waals surface area contributed by atoms with Crippen LogP contribution in [0.3, 0.4) is 0 Å². The highest BCUT2D eigenvalue weighted by molar-refractivity contribution is 7.89. The molecule has 176 valence electrons. The molecule has 2 aliphatic rings. The molecule has 0 unspecified atom stereocenters. The fourth-order valence-electron chi connectivity index (χ4n) is 4.25. The first-order chi connectivity index (χ1) is 15.8. The number of fused-ring (bicyclic) bond motifs is 1. The van der Waals surface area contributed by atoms with E-state index in [0.29, 0.717) is 42.9 Å². The summed E-state index contributed by atoms with van der Waals surface area (Å²) >= 11 is 0. The molecule has 1 fully saturated rings. The van der Waals surface area contributed by atoms with Gasteiger partial charge < -0.3 is 15.4 Å². The van der Waals surface area contributed by atoms with Crippen LogP contribution in [0.15, 0.2) is 47.4 Å². The van der Waals surface area contributed by atoms with E-state index < -0.39 is 22.0 Å². The number of anilines is 1. The Hall–Kier alpha value is -2.91. The van der Waals surface area contributed by atoms with Crippen molar-refractivity contribution in [2.45, 2.75) is 44.1 Å². The number of rotatable bonds is 6. The van der Waals surface area contributed by atoms with Crippen molar-refractivity contribution in [2.75, 3.05) is 25.0 Å². The number of carbonyl (C=O) groups is 2. The van der Waals surface area contributed by atoms with Crippen LogP contribution in [0.2, 0.25) is 0 Å². The van der Waals surface area contributed by atoms with Crippen LogP contribution < -0.4 is 15.4 Å². The fraction of sp³-hybridized carbons (Fsp3) is 0.417. The SMILES string of the molecule is Cc1cc2c(cc1S(=O)(=O)N1CCC[C@H](C(=O)NCCc3ccccc3)C1)O[C@@H](C)C(=O)N2. The highest BCUT2D eigenvalue weighted by Crippen LogP contribution is 2.36. The Labute approximate surface area is 194 Å². The highest BCUT2D eigenvalue weighted by Gasteiger charge is 2.35. The molecule has 2 atom stereocenters. The summed E-state index contributed by atoms with van der Waals surface area (Å²) in [5.41, 5.74) is 2.12. The molecule has 0 aliphatic carbocycles. The van der Waals surface area contributed by atoms with Gasteiger partial charge in [-0.05, 0) is 50.3 Å². The summed E-state index contributed by atoms with van der Waals surface area (Å²) in [4.78, 5) is 24.7. The summed E-state index contributed by atoms with van der Waals surface area (Å²) in [6.45, 7) is 4.31. The van der Waals surface area contributed by atoms with E-state index in [0.717, 1.165) is 12.0 Å². The van der Waals surface area contributed by atoms with Crippen molar-refractivity contribution in [3.05, 3.63) is 53.6 Å². The summed E-state index contributed by atoms with van der Waals surface area (Å²) in [5, 5.41) is 5.69. The van der Waals surface area contributed by atoms with E-state index in [1.807, 2.05) is 30.3 Å². The van der Waals surface area contributed by atoms with Crippen LogP contribution in [-0.4, -0.2) is 50.3 Å². The fourth-order valence-corrected chi connectivity index (χ4v) is 6.00. The number of hydrogen-bond donors (Lipinski definition) is 2. The molecule has 0 saturated carbocycles. The molecule has 0 aromatic heterocycles. The predicted octanol–water partition coefficient (Wildman–Crippen LogP) is 2.47. The Kier molecular flexibility index (Phi) is 6.71. The Morgan fingerprint density at radius 2 is 2.00 bits per heavy atom. The zero-order valence-corrected chi connectivity index (χ0v) is 19.7. The van der Waals surface area contributed by atoms with Gasteiger partial charge in [0.25, 0.3) is 5.91 Å². The van der Waals surface area contributed by atoms with Gasteiger partial charge >= 0.3 is 0 Å². The predicted molar refractivity (Wildman–Crippen MR) is 125 cm³/mol. The van der Waals surface area contributed by atoms with Gasteiger partial charge in [-0.1, -0.05) is 30.3 Å². The van der Waals surface area contributed by atoms with Crippen LogP contribution in [0.1, 0.15) is 30.9 Å². The second-order valence-corrected chi connectivity index (χ2v) is 10.5. The second-order valence-electron chi connectivity index (χ2n) is 8.59. The minimum Gasteiger partial charge on any atom is -0.479 e. The Morgan fingerprint density at radius 3 is 2.76 bits per heavy atom. The summed E-state index contributed by atoms with van der Waals surface area (Å²) in [6, 6.07) is 13.0. The van der Waals surface area contributed by atoms with Crippen molar-refractivity contribution in [1.82, 2.24) is 9.62 Å². The standard InChI is InChI=1S/C24H29N3O5S/c1-16-13-20-21(32-17(2)23(28)26-20)14-22(16)33(30,31)27-12-6-9-19(15-27)24(29)25-11-10-18-7-4-3-5-8-18/h3-5,7-8,13-14,17,19H,6,9-12,15H2,1-2H3,(H,25,29)(H,26,28)/t17-,19-/m0/s1. The molecule has 0 spiro atoms. The number of nitrogens with one attached hydrogen (secondary N) is 2. The Morgan fingerprint density at radius 1 is 1.24 bits per heavy atom. The Bertz CT molecular complexity index is 1150. The third-order valence-corrected chi connectivity index (χ3v) is 8.14. The molecule has 2 aromatic rings. The molecule has 0 bridgehead atoms. The summed E-state index contributed by atoms with van der Waals surface area (Å²) in [6.07, 6.45) is 1.29. The van der Waals surface area contributed by atoms with Crippen LogP contribution in [0.25, 0.3) is 0 Å². The van der Waals surface area contributed by atoms with Crippen LogP contribution in [0, 0.1) is 12.8 Å². The molecule has 4 rings (SSSR count). The van der Waals surface area contributed by atoms with Crippen molar-refractivity contribution in [1.29, 1.82) is 0 Å². The lowest BCUT2D eigenvalue weighted by Crippen LogP contribution is -2.45. The number of hydrogen-bond acceptors (Lipinski definition) is 5. The first kappa shape index (κ1) is 23.3. The first-order valence-electron chi connectivity index (χ1n) is 11.2. The third kappa shape index (κ3) is 5.04. The summed E-state index contributed by atoms with van der Waals surface area (Å²) in [7, 11) is -3.83. The third-order valence-electron chi connectivity index (χ3n) is 6.14. The number of sulfonamides is 1. The van der Waals surface area contributed by atoms with E-state index in [-0.39, 0.29) is 23.3 Å². The molecule has 8 nitrogen and oxygen atoms in total. The Balaban J connectivity index is 1.44. The quantitative estimate of drug-likeness (QED) is 0.674. The smallest absolute Gasteiger partial charge is 0.265 e. The number of nitrogens with zero attached hydrogens (tertiary/aromatic N) is 1. The van der Waals surface area contributed by atoms with Gasteiger partial charge in [0.05, 0.1) is 16.5 Å². The zero-order valence-electron chi connectivity index (χ0n) is 18.8. The topological polar surface area (TPSA) is 105 Å². The number of amides is 2. The normalized spacial score (nSPS) is 21.0. The average Bonchev–Trinajstić information content (AvgIpc) is 2.80. The molecule has 2 aliphatic heterocycles. The van der Waals surface area contributed by atoms with Gasteiger partial charge in [0, 0.05) is 25.7 Å². The maximum Gasteiger partial charge on any atom is 0.265 e. The van der Waals surface area contributed by atoms with Gasteiger partial charge in [0.15, 0.2) is 6.10 Å². The van der Waals surface area contributed by atoms with Crippen molar-refractivity contribution >= 4 is 27.5 Å². The van der Waals surface area contributed by atoms with Crippen LogP contribution in [0.4, 0.5) is 5.69 Å². The molecular formula is C24H29N3O5S. The monoisotopic (exact) mass is 471 g/mol. The van der Waals surface area contributed by atoms with Crippen LogP contribution >= 0.6 is 0 Å². The number of ether oxygens (including phenoxy) is 1. The van der Waals surface area contributed by atoms with E-state index in [1.165, 1.54) is 10.4 Å². The summed E-state index contributed by atoms with van der Waals surface area (Å²) in [5.74, 6) is -0.446. The van der Waals surface area contributed by atoms with Gasteiger partial charge in [-0.25, -0.2) is 8.42 Å². The largest absolute Gasteiger partial charge is 0.479 e. The lowest BCUT2D eigenvalue weighted by Gasteiger charge is -2.32. The average molecular weight is 472 g/mol. The van der Waals surface area contributed by atoms with E-state index in [2.05, 4.69) is 10.6 Å².